The van der Waals surface area contributed by atoms with Crippen molar-refractivity contribution in [1.29, 1.82) is 0 Å². The monoisotopic (exact) mass is 272 g/mol. The van der Waals surface area contributed by atoms with E-state index in [9.17, 15) is 10.1 Å². The Morgan fingerprint density at radius 1 is 1.25 bits per heavy atom. The highest BCUT2D eigenvalue weighted by atomic mass is 16.6. The Morgan fingerprint density at radius 2 is 2.00 bits per heavy atom. The first-order valence-electron chi connectivity index (χ1n) is 6.21. The zero-order valence-corrected chi connectivity index (χ0v) is 11.4. The van der Waals surface area contributed by atoms with E-state index in [1.54, 1.807) is 0 Å². The summed E-state index contributed by atoms with van der Waals surface area (Å²) in [6, 6.07) is 10.1. The van der Waals surface area contributed by atoms with Crippen LogP contribution in [0.5, 0.6) is 5.75 Å². The van der Waals surface area contributed by atoms with E-state index < -0.39 is 4.92 Å². The quantitative estimate of drug-likeness (QED) is 0.525. The maximum Gasteiger partial charge on any atom is 0.269 e. The number of anilines is 1. The number of aryl methyl sites for hydroxylation is 1. The first kappa shape index (κ1) is 13.9. The molecule has 104 valence electrons. The Balaban J connectivity index is 2.20. The van der Waals surface area contributed by atoms with Crippen LogP contribution >= 0.6 is 0 Å². The molecule has 0 aliphatic heterocycles. The third-order valence-electron chi connectivity index (χ3n) is 3.28. The van der Waals surface area contributed by atoms with Gasteiger partial charge in [0.05, 0.1) is 4.92 Å². The summed E-state index contributed by atoms with van der Waals surface area (Å²) in [5, 5.41) is 10.8. The number of nitrogen functional groups attached to an aromatic ring is 1. The van der Waals surface area contributed by atoms with Crippen molar-refractivity contribution in [3.63, 3.8) is 0 Å². The third kappa shape index (κ3) is 2.88. The molecule has 0 fully saturated rings. The Bertz CT molecular complexity index is 654. The van der Waals surface area contributed by atoms with Crippen molar-refractivity contribution < 1.29 is 9.66 Å². The SMILES string of the molecule is Cc1cccc(OCc2cc([N+](=O)[O-])ccc2N)c1C. The first-order chi connectivity index (χ1) is 9.49. The Kier molecular flexibility index (Phi) is 3.89. The molecule has 0 saturated heterocycles. The molecule has 0 aliphatic carbocycles. The maximum absolute atomic E-state index is 10.8. The van der Waals surface area contributed by atoms with Gasteiger partial charge in [0.25, 0.3) is 5.69 Å². The number of rotatable bonds is 4. The van der Waals surface area contributed by atoms with Crippen LogP contribution in [0.25, 0.3) is 0 Å². The fourth-order valence-electron chi connectivity index (χ4n) is 1.87. The molecule has 0 bridgehead atoms. The number of nitro groups is 1. The van der Waals surface area contributed by atoms with Crippen molar-refractivity contribution in [3.05, 3.63) is 63.2 Å². The molecule has 0 unspecified atom stereocenters. The second kappa shape index (κ2) is 5.61. The van der Waals surface area contributed by atoms with Crippen LogP contribution in [-0.4, -0.2) is 4.92 Å². The average molecular weight is 272 g/mol. The molecule has 2 rings (SSSR count). The van der Waals surface area contributed by atoms with Gasteiger partial charge < -0.3 is 10.5 Å². The van der Waals surface area contributed by atoms with Gasteiger partial charge >= 0.3 is 0 Å². The van der Waals surface area contributed by atoms with Crippen LogP contribution in [0.1, 0.15) is 16.7 Å². The number of nitrogens with zero attached hydrogens (tertiary/aromatic N) is 1. The van der Waals surface area contributed by atoms with Gasteiger partial charge in [0.15, 0.2) is 0 Å². The van der Waals surface area contributed by atoms with Gasteiger partial charge in [0.2, 0.25) is 0 Å². The molecule has 0 radical (unpaired) electrons. The van der Waals surface area contributed by atoms with Crippen molar-refractivity contribution in [2.45, 2.75) is 20.5 Å². The van der Waals surface area contributed by atoms with Crippen LogP contribution in [0, 0.1) is 24.0 Å². The summed E-state index contributed by atoms with van der Waals surface area (Å²) < 4.78 is 5.72. The fourth-order valence-corrected chi connectivity index (χ4v) is 1.87. The van der Waals surface area contributed by atoms with Crippen LogP contribution in [0.15, 0.2) is 36.4 Å². The van der Waals surface area contributed by atoms with Gasteiger partial charge in [-0.05, 0) is 37.1 Å². The number of benzene rings is 2. The summed E-state index contributed by atoms with van der Waals surface area (Å²) in [7, 11) is 0. The topological polar surface area (TPSA) is 78.4 Å². The molecule has 0 spiro atoms. The van der Waals surface area contributed by atoms with Gasteiger partial charge in [0.1, 0.15) is 12.4 Å². The zero-order chi connectivity index (χ0) is 14.7. The third-order valence-corrected chi connectivity index (χ3v) is 3.28. The van der Waals surface area contributed by atoms with Crippen LogP contribution in [0.3, 0.4) is 0 Å². The van der Waals surface area contributed by atoms with Gasteiger partial charge in [-0.25, -0.2) is 0 Å². The Morgan fingerprint density at radius 3 is 2.70 bits per heavy atom. The zero-order valence-electron chi connectivity index (χ0n) is 11.4. The van der Waals surface area contributed by atoms with Crippen molar-refractivity contribution >= 4 is 11.4 Å². The van der Waals surface area contributed by atoms with Crippen molar-refractivity contribution in [1.82, 2.24) is 0 Å². The lowest BCUT2D eigenvalue weighted by Crippen LogP contribution is -2.02. The van der Waals surface area contributed by atoms with E-state index in [-0.39, 0.29) is 12.3 Å². The lowest BCUT2D eigenvalue weighted by Gasteiger charge is -2.12. The average Bonchev–Trinajstić information content (AvgIpc) is 2.41. The van der Waals surface area contributed by atoms with E-state index in [1.807, 2.05) is 32.0 Å². The maximum atomic E-state index is 10.8. The van der Waals surface area contributed by atoms with E-state index in [0.717, 1.165) is 16.9 Å². The summed E-state index contributed by atoms with van der Waals surface area (Å²) in [4.78, 5) is 10.3. The van der Waals surface area contributed by atoms with Crippen LogP contribution in [0.4, 0.5) is 11.4 Å². The Labute approximate surface area is 117 Å². The smallest absolute Gasteiger partial charge is 0.269 e. The summed E-state index contributed by atoms with van der Waals surface area (Å²) in [5.74, 6) is 0.760. The number of nitro benzene ring substituents is 1. The lowest BCUT2D eigenvalue weighted by molar-refractivity contribution is -0.384. The van der Waals surface area contributed by atoms with Gasteiger partial charge in [-0.3, -0.25) is 10.1 Å². The molecule has 5 heteroatoms. The molecule has 0 amide bonds. The van der Waals surface area contributed by atoms with E-state index in [0.29, 0.717) is 11.3 Å². The van der Waals surface area contributed by atoms with Gasteiger partial charge in [0, 0.05) is 23.4 Å². The minimum Gasteiger partial charge on any atom is -0.489 e. The molecular weight excluding hydrogens is 256 g/mol. The number of hydrogen-bond donors (Lipinski definition) is 1. The van der Waals surface area contributed by atoms with Crippen molar-refractivity contribution in [2.75, 3.05) is 5.73 Å². The standard InChI is InChI=1S/C15H16N2O3/c1-10-4-3-5-15(11(10)2)20-9-12-8-13(17(18)19)6-7-14(12)16/h3-8H,9,16H2,1-2H3. The number of nitrogens with two attached hydrogens (primary N) is 1. The first-order valence-corrected chi connectivity index (χ1v) is 6.21. The molecule has 2 aromatic carbocycles. The number of non-ortho nitro benzene ring substituents is 1. The van der Waals surface area contributed by atoms with E-state index in [2.05, 4.69) is 0 Å². The highest BCUT2D eigenvalue weighted by molar-refractivity contribution is 5.52. The lowest BCUT2D eigenvalue weighted by atomic mass is 10.1. The molecule has 0 atom stereocenters. The van der Waals surface area contributed by atoms with Gasteiger partial charge in [-0.2, -0.15) is 0 Å². The molecule has 0 aliphatic rings. The Hall–Kier alpha value is -2.56. The summed E-state index contributed by atoms with van der Waals surface area (Å²) in [6.07, 6.45) is 0. The largest absolute Gasteiger partial charge is 0.489 e. The van der Waals surface area contributed by atoms with E-state index in [4.69, 9.17) is 10.5 Å². The molecule has 0 aromatic heterocycles. The summed E-state index contributed by atoms with van der Waals surface area (Å²) >= 11 is 0. The number of hydrogen-bond acceptors (Lipinski definition) is 4. The van der Waals surface area contributed by atoms with E-state index in [1.165, 1.54) is 18.2 Å². The second-order valence-electron chi connectivity index (χ2n) is 4.63. The molecule has 0 heterocycles. The molecule has 2 aromatic rings. The molecular formula is C15H16N2O3. The van der Waals surface area contributed by atoms with E-state index >= 15 is 0 Å². The minimum atomic E-state index is -0.444. The molecule has 20 heavy (non-hydrogen) atoms. The van der Waals surface area contributed by atoms with Crippen LogP contribution < -0.4 is 10.5 Å². The molecule has 5 nitrogen and oxygen atoms in total. The molecule has 2 N–H and O–H groups in total. The second-order valence-corrected chi connectivity index (χ2v) is 4.63. The highest BCUT2D eigenvalue weighted by Gasteiger charge is 2.10. The minimum absolute atomic E-state index is 0.0127. The predicted octanol–water partition coefficient (Wildman–Crippen LogP) is 3.37. The summed E-state index contributed by atoms with van der Waals surface area (Å²) in [6.45, 7) is 4.18. The van der Waals surface area contributed by atoms with Gasteiger partial charge in [-0.15, -0.1) is 0 Å². The van der Waals surface area contributed by atoms with Gasteiger partial charge in [-0.1, -0.05) is 12.1 Å². The number of ether oxygens (including phenoxy) is 1. The normalized spacial score (nSPS) is 10.3. The van der Waals surface area contributed by atoms with Crippen LogP contribution in [-0.2, 0) is 6.61 Å². The van der Waals surface area contributed by atoms with Crippen LogP contribution in [0.2, 0.25) is 0 Å². The van der Waals surface area contributed by atoms with Crippen molar-refractivity contribution in [3.8, 4) is 5.75 Å². The fraction of sp³-hybridized carbons (Fsp3) is 0.200. The molecule has 0 saturated carbocycles. The summed E-state index contributed by atoms with van der Waals surface area (Å²) in [5.41, 5.74) is 9.12. The highest BCUT2D eigenvalue weighted by Crippen LogP contribution is 2.24. The predicted molar refractivity (Wildman–Crippen MR) is 77.8 cm³/mol. The van der Waals surface area contributed by atoms with Crippen molar-refractivity contribution in [2.24, 2.45) is 0 Å².